The summed E-state index contributed by atoms with van der Waals surface area (Å²) in [6.45, 7) is 6.34. The first-order valence-electron chi connectivity index (χ1n) is 5.17. The van der Waals surface area contributed by atoms with Crippen LogP contribution in [0.15, 0.2) is 0 Å². The van der Waals surface area contributed by atoms with Gasteiger partial charge in [0.15, 0.2) is 0 Å². The molecule has 84 valence electrons. The Morgan fingerprint density at radius 2 is 2.00 bits per heavy atom. The first-order valence-corrected chi connectivity index (χ1v) is 5.17. The van der Waals surface area contributed by atoms with Gasteiger partial charge >= 0.3 is 0 Å². The minimum Gasteiger partial charge on any atom is -0.383 e. The molecule has 0 aliphatic carbocycles. The Labute approximate surface area is 86.1 Å². The maximum absolute atomic E-state index is 5.67. The summed E-state index contributed by atoms with van der Waals surface area (Å²) in [5.41, 5.74) is 0. The van der Waals surface area contributed by atoms with Gasteiger partial charge < -0.3 is 14.2 Å². The SMILES string of the molecule is CCN1CCOC(COC)C1COC. The highest BCUT2D eigenvalue weighted by molar-refractivity contribution is 4.83. The number of hydrogen-bond donors (Lipinski definition) is 0. The van der Waals surface area contributed by atoms with Crippen LogP contribution in [0.5, 0.6) is 0 Å². The maximum Gasteiger partial charge on any atom is 0.0986 e. The summed E-state index contributed by atoms with van der Waals surface area (Å²) in [6.07, 6.45) is 0.147. The van der Waals surface area contributed by atoms with Crippen molar-refractivity contribution in [1.29, 1.82) is 0 Å². The van der Waals surface area contributed by atoms with Crippen molar-refractivity contribution >= 4 is 0 Å². The average Bonchev–Trinajstić information content (AvgIpc) is 2.21. The molecule has 14 heavy (non-hydrogen) atoms. The molecule has 4 heteroatoms. The van der Waals surface area contributed by atoms with Gasteiger partial charge in [-0.2, -0.15) is 0 Å². The lowest BCUT2D eigenvalue weighted by Crippen LogP contribution is -2.54. The topological polar surface area (TPSA) is 30.9 Å². The number of ether oxygens (including phenoxy) is 3. The van der Waals surface area contributed by atoms with E-state index in [1.807, 2.05) is 0 Å². The van der Waals surface area contributed by atoms with Gasteiger partial charge in [-0.25, -0.2) is 0 Å². The number of likely N-dealkylation sites (N-methyl/N-ethyl adjacent to an activating group) is 1. The first-order chi connectivity index (χ1) is 6.83. The van der Waals surface area contributed by atoms with Crippen molar-refractivity contribution in [3.05, 3.63) is 0 Å². The molecule has 0 aromatic carbocycles. The zero-order chi connectivity index (χ0) is 10.4. The van der Waals surface area contributed by atoms with Crippen molar-refractivity contribution in [3.8, 4) is 0 Å². The molecule has 1 aliphatic rings. The summed E-state index contributed by atoms with van der Waals surface area (Å²) in [5.74, 6) is 0. The van der Waals surface area contributed by atoms with Gasteiger partial charge in [0, 0.05) is 20.8 Å². The molecule has 0 spiro atoms. The largest absolute Gasteiger partial charge is 0.383 e. The predicted molar refractivity (Wildman–Crippen MR) is 54.5 cm³/mol. The summed E-state index contributed by atoms with van der Waals surface area (Å²) in [5, 5.41) is 0. The Morgan fingerprint density at radius 3 is 2.57 bits per heavy atom. The molecule has 0 radical (unpaired) electrons. The van der Waals surface area contributed by atoms with Crippen LogP contribution in [0.2, 0.25) is 0 Å². The van der Waals surface area contributed by atoms with Crippen LogP contribution in [0.1, 0.15) is 6.92 Å². The van der Waals surface area contributed by atoms with Crippen LogP contribution in [-0.2, 0) is 14.2 Å². The molecule has 4 nitrogen and oxygen atoms in total. The third kappa shape index (κ3) is 2.92. The van der Waals surface area contributed by atoms with E-state index < -0.39 is 0 Å². The number of nitrogens with zero attached hydrogens (tertiary/aromatic N) is 1. The fraction of sp³-hybridized carbons (Fsp3) is 1.00. The van der Waals surface area contributed by atoms with E-state index in [0.717, 1.165) is 19.7 Å². The van der Waals surface area contributed by atoms with Crippen molar-refractivity contribution in [2.45, 2.75) is 19.1 Å². The van der Waals surface area contributed by atoms with Crippen LogP contribution in [0, 0.1) is 0 Å². The maximum atomic E-state index is 5.67. The third-order valence-electron chi connectivity index (χ3n) is 2.68. The van der Waals surface area contributed by atoms with E-state index in [1.165, 1.54) is 0 Å². The van der Waals surface area contributed by atoms with Crippen LogP contribution in [-0.4, -0.2) is 64.2 Å². The quantitative estimate of drug-likeness (QED) is 0.646. The Balaban J connectivity index is 2.52. The molecule has 1 fully saturated rings. The molecule has 1 heterocycles. The van der Waals surface area contributed by atoms with Crippen molar-refractivity contribution in [2.24, 2.45) is 0 Å². The van der Waals surface area contributed by atoms with Crippen molar-refractivity contribution in [2.75, 3.05) is 47.1 Å². The highest BCUT2D eigenvalue weighted by atomic mass is 16.5. The lowest BCUT2D eigenvalue weighted by Gasteiger charge is -2.40. The summed E-state index contributed by atoms with van der Waals surface area (Å²) in [4.78, 5) is 2.39. The molecule has 0 aromatic rings. The zero-order valence-electron chi connectivity index (χ0n) is 9.36. The Hall–Kier alpha value is -0.160. The fourth-order valence-corrected chi connectivity index (χ4v) is 1.93. The molecule has 2 unspecified atom stereocenters. The lowest BCUT2D eigenvalue weighted by atomic mass is 10.1. The van der Waals surface area contributed by atoms with Crippen molar-refractivity contribution < 1.29 is 14.2 Å². The molecule has 1 saturated heterocycles. The van der Waals surface area contributed by atoms with Crippen molar-refractivity contribution in [1.82, 2.24) is 4.90 Å². The zero-order valence-corrected chi connectivity index (χ0v) is 9.36. The van der Waals surface area contributed by atoms with Gasteiger partial charge in [0.2, 0.25) is 0 Å². The van der Waals surface area contributed by atoms with E-state index >= 15 is 0 Å². The molecule has 0 amide bonds. The van der Waals surface area contributed by atoms with Gasteiger partial charge in [-0.15, -0.1) is 0 Å². The molecule has 1 rings (SSSR count). The van der Waals surface area contributed by atoms with Gasteiger partial charge in [0.1, 0.15) is 0 Å². The number of methoxy groups -OCH3 is 2. The molecule has 0 N–H and O–H groups in total. The van der Waals surface area contributed by atoms with Gasteiger partial charge in [0.25, 0.3) is 0 Å². The van der Waals surface area contributed by atoms with E-state index in [9.17, 15) is 0 Å². The second kappa shape index (κ2) is 6.35. The number of rotatable bonds is 5. The molecular formula is C10H21NO3. The van der Waals surface area contributed by atoms with E-state index in [-0.39, 0.29) is 6.10 Å². The van der Waals surface area contributed by atoms with Crippen LogP contribution >= 0.6 is 0 Å². The van der Waals surface area contributed by atoms with Gasteiger partial charge in [-0.1, -0.05) is 6.92 Å². The van der Waals surface area contributed by atoms with Gasteiger partial charge in [0.05, 0.1) is 32.0 Å². The van der Waals surface area contributed by atoms with Crippen molar-refractivity contribution in [3.63, 3.8) is 0 Å². The van der Waals surface area contributed by atoms with E-state index in [2.05, 4.69) is 11.8 Å². The normalized spacial score (nSPS) is 29.4. The number of hydrogen-bond acceptors (Lipinski definition) is 4. The first kappa shape index (κ1) is 11.9. The lowest BCUT2D eigenvalue weighted by molar-refractivity contribution is -0.112. The van der Waals surface area contributed by atoms with E-state index in [1.54, 1.807) is 14.2 Å². The average molecular weight is 203 g/mol. The summed E-state index contributed by atoms with van der Waals surface area (Å²) >= 11 is 0. The van der Waals surface area contributed by atoms with E-state index in [4.69, 9.17) is 14.2 Å². The van der Waals surface area contributed by atoms with Crippen LogP contribution < -0.4 is 0 Å². The smallest absolute Gasteiger partial charge is 0.0986 e. The second-order valence-electron chi connectivity index (χ2n) is 3.52. The van der Waals surface area contributed by atoms with Gasteiger partial charge in [-0.05, 0) is 6.54 Å². The molecule has 0 aromatic heterocycles. The second-order valence-corrected chi connectivity index (χ2v) is 3.52. The monoisotopic (exact) mass is 203 g/mol. The van der Waals surface area contributed by atoms with Crippen LogP contribution in [0.4, 0.5) is 0 Å². The Morgan fingerprint density at radius 1 is 1.29 bits per heavy atom. The fourth-order valence-electron chi connectivity index (χ4n) is 1.93. The number of morpholine rings is 1. The van der Waals surface area contributed by atoms with E-state index in [0.29, 0.717) is 19.3 Å². The summed E-state index contributed by atoms with van der Waals surface area (Å²) in [6, 6.07) is 0.332. The Kier molecular flexibility index (Phi) is 5.40. The molecule has 0 bridgehead atoms. The minimum absolute atomic E-state index is 0.147. The standard InChI is InChI=1S/C10H21NO3/c1-4-11-5-6-14-10(8-13-3)9(11)7-12-2/h9-10H,4-8H2,1-3H3. The highest BCUT2D eigenvalue weighted by Gasteiger charge is 2.31. The van der Waals surface area contributed by atoms with Crippen LogP contribution in [0.3, 0.4) is 0 Å². The summed E-state index contributed by atoms with van der Waals surface area (Å²) in [7, 11) is 3.43. The Bertz CT molecular complexity index is 152. The predicted octanol–water partition coefficient (Wildman–Crippen LogP) is 0.369. The highest BCUT2D eigenvalue weighted by Crippen LogP contribution is 2.14. The third-order valence-corrected chi connectivity index (χ3v) is 2.68. The molecule has 2 atom stereocenters. The molecule has 1 aliphatic heterocycles. The minimum atomic E-state index is 0.147. The molecule has 0 saturated carbocycles. The van der Waals surface area contributed by atoms with Crippen LogP contribution in [0.25, 0.3) is 0 Å². The molecular weight excluding hydrogens is 182 g/mol. The summed E-state index contributed by atoms with van der Waals surface area (Å²) < 4.78 is 16.0. The van der Waals surface area contributed by atoms with Gasteiger partial charge in [-0.3, -0.25) is 4.90 Å².